The van der Waals surface area contributed by atoms with Gasteiger partial charge in [0.25, 0.3) is 0 Å². The predicted octanol–water partition coefficient (Wildman–Crippen LogP) is 1.29. The van der Waals surface area contributed by atoms with Crippen LogP contribution >= 0.6 is 22.6 Å². The molecule has 0 saturated carbocycles. The third kappa shape index (κ3) is 2.98. The highest BCUT2D eigenvalue weighted by Crippen LogP contribution is 2.39. The van der Waals surface area contributed by atoms with Gasteiger partial charge in [0, 0.05) is 28.5 Å². The molecule has 1 fully saturated rings. The van der Waals surface area contributed by atoms with Crippen molar-refractivity contribution in [3.8, 4) is 5.75 Å². The summed E-state index contributed by atoms with van der Waals surface area (Å²) < 4.78 is 6.59. The monoisotopic (exact) mass is 426 g/mol. The lowest BCUT2D eigenvalue weighted by Gasteiger charge is -2.30. The summed E-state index contributed by atoms with van der Waals surface area (Å²) in [4.78, 5) is 36.6. The standard InChI is InChI=1S/C16H15IN2O4/c17-6-7-23-14-3-1-2-10-11(14)8-19(13(10)9-20)12-4-5-15(21)18-16(12)22/h1-3,12H,4-8H2,(H,18,21,22). The molecule has 2 aliphatic heterocycles. The average Bonchev–Trinajstić information content (AvgIpc) is 2.91. The zero-order valence-corrected chi connectivity index (χ0v) is 14.5. The van der Waals surface area contributed by atoms with Crippen molar-refractivity contribution in [2.75, 3.05) is 11.0 Å². The Bertz CT molecular complexity index is 712. The van der Waals surface area contributed by atoms with Gasteiger partial charge < -0.3 is 9.64 Å². The number of nitrogens with zero attached hydrogens (tertiary/aromatic N) is 1. The van der Waals surface area contributed by atoms with Crippen molar-refractivity contribution in [1.29, 1.82) is 0 Å². The summed E-state index contributed by atoms with van der Waals surface area (Å²) in [5.41, 5.74) is 1.99. The number of alkyl halides is 1. The van der Waals surface area contributed by atoms with Gasteiger partial charge >= 0.3 is 0 Å². The number of imide groups is 1. The van der Waals surface area contributed by atoms with E-state index in [2.05, 4.69) is 27.9 Å². The van der Waals surface area contributed by atoms with E-state index < -0.39 is 6.04 Å². The normalized spacial score (nSPS) is 20.1. The molecule has 2 aliphatic rings. The van der Waals surface area contributed by atoms with E-state index in [9.17, 15) is 14.4 Å². The second-order valence-corrected chi connectivity index (χ2v) is 6.44. The van der Waals surface area contributed by atoms with Crippen molar-refractivity contribution in [2.24, 2.45) is 0 Å². The molecule has 1 N–H and O–H groups in total. The third-order valence-electron chi connectivity index (χ3n) is 4.02. The summed E-state index contributed by atoms with van der Waals surface area (Å²) in [6.07, 6.45) is 0.668. The lowest BCUT2D eigenvalue weighted by molar-refractivity contribution is -0.136. The van der Waals surface area contributed by atoms with Crippen molar-refractivity contribution in [3.63, 3.8) is 0 Å². The van der Waals surface area contributed by atoms with Gasteiger partial charge in [0.1, 0.15) is 17.5 Å². The molecule has 0 radical (unpaired) electrons. The van der Waals surface area contributed by atoms with E-state index in [1.54, 1.807) is 4.90 Å². The van der Waals surface area contributed by atoms with Gasteiger partial charge in [0.05, 0.1) is 6.61 Å². The summed E-state index contributed by atoms with van der Waals surface area (Å²) in [6.45, 7) is 0.985. The molecule has 2 heterocycles. The van der Waals surface area contributed by atoms with E-state index in [-0.39, 0.29) is 18.2 Å². The van der Waals surface area contributed by atoms with Crippen molar-refractivity contribution in [1.82, 2.24) is 10.2 Å². The Morgan fingerprint density at radius 3 is 2.91 bits per heavy atom. The van der Waals surface area contributed by atoms with Crippen LogP contribution in [0.1, 0.15) is 24.0 Å². The number of rotatable bonds is 4. The summed E-state index contributed by atoms with van der Waals surface area (Å²) in [5.74, 6) is 2.04. The van der Waals surface area contributed by atoms with Gasteiger partial charge in [-0.05, 0) is 12.5 Å². The summed E-state index contributed by atoms with van der Waals surface area (Å²) in [7, 11) is 0. The number of hydrogen-bond donors (Lipinski definition) is 1. The van der Waals surface area contributed by atoms with E-state index in [0.29, 0.717) is 25.3 Å². The Morgan fingerprint density at radius 1 is 1.39 bits per heavy atom. The predicted molar refractivity (Wildman–Crippen MR) is 91.6 cm³/mol. The SMILES string of the molecule is O=C=C1c2cccc(OCCI)c2CN1C1CCC(=O)NC1=O. The molecular weight excluding hydrogens is 411 g/mol. The number of piperidine rings is 1. The van der Waals surface area contributed by atoms with Gasteiger partial charge in [-0.15, -0.1) is 0 Å². The first-order chi connectivity index (χ1) is 11.2. The summed E-state index contributed by atoms with van der Waals surface area (Å²) in [5, 5.41) is 2.33. The minimum Gasteiger partial charge on any atom is -0.492 e. The Labute approximate surface area is 147 Å². The van der Waals surface area contributed by atoms with Crippen LogP contribution in [0.15, 0.2) is 18.2 Å². The fraction of sp³-hybridized carbons (Fsp3) is 0.375. The van der Waals surface area contributed by atoms with Gasteiger partial charge in [0.2, 0.25) is 11.8 Å². The smallest absolute Gasteiger partial charge is 0.249 e. The van der Waals surface area contributed by atoms with E-state index in [4.69, 9.17) is 4.74 Å². The van der Waals surface area contributed by atoms with Crippen molar-refractivity contribution < 1.29 is 19.1 Å². The van der Waals surface area contributed by atoms with Gasteiger partial charge in [-0.3, -0.25) is 14.9 Å². The zero-order valence-electron chi connectivity index (χ0n) is 12.3. The Balaban J connectivity index is 1.92. The highest BCUT2D eigenvalue weighted by Gasteiger charge is 2.38. The molecule has 3 rings (SSSR count). The molecule has 1 saturated heterocycles. The van der Waals surface area contributed by atoms with Crippen molar-refractivity contribution >= 4 is 46.0 Å². The van der Waals surface area contributed by atoms with Crippen molar-refractivity contribution in [2.45, 2.75) is 25.4 Å². The van der Waals surface area contributed by atoms with Gasteiger partial charge in [0.15, 0.2) is 5.94 Å². The molecule has 0 aliphatic carbocycles. The fourth-order valence-electron chi connectivity index (χ4n) is 3.00. The number of amides is 2. The minimum atomic E-state index is -0.533. The highest BCUT2D eigenvalue weighted by molar-refractivity contribution is 14.1. The first kappa shape index (κ1) is 16.0. The van der Waals surface area contributed by atoms with Crippen LogP contribution in [0.4, 0.5) is 0 Å². The number of nitrogens with one attached hydrogen (secondary N) is 1. The number of carbonyl (C=O) groups excluding carboxylic acids is 3. The number of benzene rings is 1. The molecule has 1 unspecified atom stereocenters. The zero-order chi connectivity index (χ0) is 16.4. The van der Waals surface area contributed by atoms with Crippen LogP contribution in [-0.2, 0) is 20.9 Å². The first-order valence-electron chi connectivity index (χ1n) is 7.32. The van der Waals surface area contributed by atoms with Gasteiger partial charge in [-0.1, -0.05) is 34.7 Å². The Morgan fingerprint density at radius 2 is 2.22 bits per heavy atom. The fourth-order valence-corrected chi connectivity index (χ4v) is 3.22. The number of hydrogen-bond acceptors (Lipinski definition) is 5. The Kier molecular flexibility index (Phi) is 4.68. The molecule has 23 heavy (non-hydrogen) atoms. The van der Waals surface area contributed by atoms with Crippen LogP contribution in [0.3, 0.4) is 0 Å². The van der Waals surface area contributed by atoms with E-state index in [1.165, 1.54) is 0 Å². The van der Waals surface area contributed by atoms with Crippen LogP contribution < -0.4 is 10.1 Å². The molecular formula is C16H15IN2O4. The molecule has 2 amide bonds. The number of fused-ring (bicyclic) bond motifs is 1. The number of carbonyl (C=O) groups is 2. The first-order valence-corrected chi connectivity index (χ1v) is 8.84. The maximum Gasteiger partial charge on any atom is 0.249 e. The van der Waals surface area contributed by atoms with E-state index in [1.807, 2.05) is 24.1 Å². The maximum absolute atomic E-state index is 12.1. The quantitative estimate of drug-likeness (QED) is 0.340. The second kappa shape index (κ2) is 6.72. The van der Waals surface area contributed by atoms with E-state index in [0.717, 1.165) is 21.3 Å². The van der Waals surface area contributed by atoms with Gasteiger partial charge in [-0.2, -0.15) is 0 Å². The molecule has 120 valence electrons. The third-order valence-corrected chi connectivity index (χ3v) is 4.46. The molecule has 7 heteroatoms. The second-order valence-electron chi connectivity index (χ2n) is 5.37. The van der Waals surface area contributed by atoms with Crippen molar-refractivity contribution in [3.05, 3.63) is 29.3 Å². The number of halogens is 1. The van der Waals surface area contributed by atoms with Crippen LogP contribution in [0, 0.1) is 0 Å². The van der Waals surface area contributed by atoms with Gasteiger partial charge in [-0.25, -0.2) is 4.79 Å². The molecule has 1 atom stereocenters. The highest BCUT2D eigenvalue weighted by atomic mass is 127. The van der Waals surface area contributed by atoms with Crippen LogP contribution in [-0.4, -0.2) is 39.7 Å². The summed E-state index contributed by atoms with van der Waals surface area (Å²) >= 11 is 2.23. The van der Waals surface area contributed by atoms with Crippen LogP contribution in [0.2, 0.25) is 0 Å². The largest absolute Gasteiger partial charge is 0.492 e. The minimum absolute atomic E-state index is 0.271. The molecule has 0 bridgehead atoms. The molecule has 6 nitrogen and oxygen atoms in total. The van der Waals surface area contributed by atoms with E-state index >= 15 is 0 Å². The average molecular weight is 426 g/mol. The van der Waals surface area contributed by atoms with Crippen LogP contribution in [0.25, 0.3) is 5.70 Å². The number of ether oxygens (including phenoxy) is 1. The topological polar surface area (TPSA) is 75.7 Å². The molecule has 0 aromatic heterocycles. The lowest BCUT2D eigenvalue weighted by Crippen LogP contribution is -2.50. The molecule has 0 spiro atoms. The molecule has 1 aromatic rings. The Hall–Kier alpha value is -1.86. The van der Waals surface area contributed by atoms with Crippen LogP contribution in [0.5, 0.6) is 5.75 Å². The maximum atomic E-state index is 12.1. The summed E-state index contributed by atoms with van der Waals surface area (Å²) in [6, 6.07) is 4.99. The molecule has 1 aromatic carbocycles. The lowest BCUT2D eigenvalue weighted by atomic mass is 10.0.